The Kier molecular flexibility index (Phi) is 4.40. The fraction of sp³-hybridized carbons (Fsp3) is 0.0667. The summed E-state index contributed by atoms with van der Waals surface area (Å²) in [6.45, 7) is 0. The maximum absolute atomic E-state index is 11.8. The van der Waals surface area contributed by atoms with E-state index in [1.807, 2.05) is 0 Å². The van der Waals surface area contributed by atoms with Crippen molar-refractivity contribution in [2.24, 2.45) is 5.10 Å². The van der Waals surface area contributed by atoms with Gasteiger partial charge in [0.15, 0.2) is 0 Å². The van der Waals surface area contributed by atoms with E-state index in [0.29, 0.717) is 11.3 Å². The summed E-state index contributed by atoms with van der Waals surface area (Å²) in [5.74, 6) is -0.112. The second kappa shape index (κ2) is 6.42. The molecular formula is C15H14N2O4. The molecule has 0 atom stereocenters. The van der Waals surface area contributed by atoms with Gasteiger partial charge in [0.25, 0.3) is 5.91 Å². The fourth-order valence-electron chi connectivity index (χ4n) is 1.65. The number of methoxy groups -OCH3 is 1. The summed E-state index contributed by atoms with van der Waals surface area (Å²) in [6.07, 6.45) is 1.29. The Labute approximate surface area is 121 Å². The summed E-state index contributed by atoms with van der Waals surface area (Å²) in [7, 11) is 1.51. The van der Waals surface area contributed by atoms with Crippen LogP contribution in [0.3, 0.4) is 0 Å². The van der Waals surface area contributed by atoms with Crippen LogP contribution in [0.5, 0.6) is 17.2 Å². The Morgan fingerprint density at radius 2 is 1.95 bits per heavy atom. The van der Waals surface area contributed by atoms with Crippen LogP contribution in [0.1, 0.15) is 15.9 Å². The molecule has 0 spiro atoms. The van der Waals surface area contributed by atoms with E-state index in [9.17, 15) is 15.0 Å². The normalized spacial score (nSPS) is 10.5. The molecular weight excluding hydrogens is 272 g/mol. The molecule has 6 heteroatoms. The Morgan fingerprint density at radius 3 is 2.67 bits per heavy atom. The van der Waals surface area contributed by atoms with Gasteiger partial charge < -0.3 is 14.9 Å². The molecule has 6 nitrogen and oxygen atoms in total. The van der Waals surface area contributed by atoms with Crippen LogP contribution in [-0.2, 0) is 0 Å². The lowest BCUT2D eigenvalue weighted by Gasteiger charge is -2.04. The van der Waals surface area contributed by atoms with Gasteiger partial charge in [0.05, 0.1) is 18.9 Å². The number of ether oxygens (including phenoxy) is 1. The third-order valence-electron chi connectivity index (χ3n) is 2.75. The molecule has 2 aromatic rings. The number of nitrogens with one attached hydrogen (secondary N) is 1. The van der Waals surface area contributed by atoms with E-state index < -0.39 is 5.91 Å². The van der Waals surface area contributed by atoms with E-state index in [2.05, 4.69) is 10.5 Å². The van der Waals surface area contributed by atoms with Crippen molar-refractivity contribution in [1.29, 1.82) is 0 Å². The average Bonchev–Trinajstić information content (AvgIpc) is 2.49. The lowest BCUT2D eigenvalue weighted by atomic mass is 10.2. The summed E-state index contributed by atoms with van der Waals surface area (Å²) in [5.41, 5.74) is 2.78. The predicted molar refractivity (Wildman–Crippen MR) is 77.8 cm³/mol. The molecule has 0 unspecified atom stereocenters. The predicted octanol–water partition coefficient (Wildman–Crippen LogP) is 1.87. The Morgan fingerprint density at radius 1 is 1.19 bits per heavy atom. The molecule has 0 aromatic heterocycles. The number of phenols is 2. The Balaban J connectivity index is 2.09. The quantitative estimate of drug-likeness (QED) is 0.591. The van der Waals surface area contributed by atoms with E-state index in [4.69, 9.17) is 4.74 Å². The van der Waals surface area contributed by atoms with E-state index in [0.717, 1.165) is 0 Å². The largest absolute Gasteiger partial charge is 0.507 e. The number of amides is 1. The molecule has 0 heterocycles. The number of hydrogen-bond donors (Lipinski definition) is 3. The molecule has 1 amide bonds. The second-order valence-electron chi connectivity index (χ2n) is 4.14. The summed E-state index contributed by atoms with van der Waals surface area (Å²) in [5, 5.41) is 22.9. The highest BCUT2D eigenvalue weighted by molar-refractivity contribution is 5.97. The molecule has 0 aliphatic rings. The zero-order valence-electron chi connectivity index (χ0n) is 11.3. The Hall–Kier alpha value is -3.02. The number of para-hydroxylation sites is 1. The number of carbonyl (C=O) groups excluding carboxylic acids is 1. The molecule has 2 rings (SSSR count). The lowest BCUT2D eigenvalue weighted by Crippen LogP contribution is -2.17. The first-order valence-corrected chi connectivity index (χ1v) is 6.10. The third kappa shape index (κ3) is 3.50. The smallest absolute Gasteiger partial charge is 0.275 e. The van der Waals surface area contributed by atoms with Crippen LogP contribution >= 0.6 is 0 Å². The number of nitrogens with zero attached hydrogens (tertiary/aromatic N) is 1. The molecule has 0 bridgehead atoms. The number of phenolic OH excluding ortho intramolecular Hbond substituents is 2. The molecule has 0 aliphatic heterocycles. The molecule has 21 heavy (non-hydrogen) atoms. The summed E-state index contributed by atoms with van der Waals surface area (Å²) in [4.78, 5) is 11.8. The van der Waals surface area contributed by atoms with Crippen LogP contribution in [0.25, 0.3) is 0 Å². The van der Waals surface area contributed by atoms with E-state index in [1.54, 1.807) is 24.3 Å². The maximum Gasteiger partial charge on any atom is 0.275 e. The minimum atomic E-state index is -0.549. The highest BCUT2D eigenvalue weighted by Gasteiger charge is 2.08. The lowest BCUT2D eigenvalue weighted by molar-refractivity contribution is 0.0952. The van der Waals surface area contributed by atoms with Crippen LogP contribution in [0.15, 0.2) is 47.6 Å². The van der Waals surface area contributed by atoms with E-state index in [1.165, 1.54) is 31.5 Å². The maximum atomic E-state index is 11.8. The molecule has 2 aromatic carbocycles. The van der Waals surface area contributed by atoms with Crippen LogP contribution in [0.2, 0.25) is 0 Å². The van der Waals surface area contributed by atoms with Crippen LogP contribution < -0.4 is 10.2 Å². The van der Waals surface area contributed by atoms with Crippen molar-refractivity contribution >= 4 is 12.1 Å². The fourth-order valence-corrected chi connectivity index (χ4v) is 1.65. The van der Waals surface area contributed by atoms with Gasteiger partial charge in [0.1, 0.15) is 17.2 Å². The molecule has 3 N–H and O–H groups in total. The van der Waals surface area contributed by atoms with Crippen molar-refractivity contribution in [2.75, 3.05) is 7.11 Å². The molecule has 0 fully saturated rings. The van der Waals surface area contributed by atoms with Gasteiger partial charge in [-0.25, -0.2) is 5.43 Å². The third-order valence-corrected chi connectivity index (χ3v) is 2.75. The number of carbonyl (C=O) groups is 1. The molecule has 108 valence electrons. The molecule has 0 saturated heterocycles. The zero-order chi connectivity index (χ0) is 15.2. The van der Waals surface area contributed by atoms with E-state index in [-0.39, 0.29) is 17.1 Å². The average molecular weight is 286 g/mol. The SMILES string of the molecule is COc1ccc(O)c(C=NNC(=O)c2ccccc2O)c1. The van der Waals surface area contributed by atoms with Crippen molar-refractivity contribution in [3.8, 4) is 17.2 Å². The minimum Gasteiger partial charge on any atom is -0.507 e. The summed E-state index contributed by atoms with van der Waals surface area (Å²) < 4.78 is 5.03. The highest BCUT2D eigenvalue weighted by Crippen LogP contribution is 2.21. The van der Waals surface area contributed by atoms with Crippen molar-refractivity contribution < 1.29 is 19.7 Å². The van der Waals surface area contributed by atoms with Gasteiger partial charge in [-0.15, -0.1) is 0 Å². The van der Waals surface area contributed by atoms with Gasteiger partial charge in [-0.05, 0) is 30.3 Å². The standard InChI is InChI=1S/C15H14N2O4/c1-21-11-6-7-13(18)10(8-11)9-16-17-15(20)12-4-2-3-5-14(12)19/h2-9,18-19H,1H3,(H,17,20). The van der Waals surface area contributed by atoms with Gasteiger partial charge in [-0.1, -0.05) is 12.1 Å². The first-order chi connectivity index (χ1) is 10.1. The Bertz CT molecular complexity index is 683. The number of hydrogen-bond acceptors (Lipinski definition) is 5. The summed E-state index contributed by atoms with van der Waals surface area (Å²) >= 11 is 0. The van der Waals surface area contributed by atoms with Gasteiger partial charge in [0.2, 0.25) is 0 Å². The first-order valence-electron chi connectivity index (χ1n) is 6.10. The van der Waals surface area contributed by atoms with Crippen LogP contribution in [0.4, 0.5) is 0 Å². The van der Waals surface area contributed by atoms with Gasteiger partial charge in [0, 0.05) is 5.56 Å². The van der Waals surface area contributed by atoms with Crippen molar-refractivity contribution in [2.45, 2.75) is 0 Å². The number of rotatable bonds is 4. The monoisotopic (exact) mass is 286 g/mol. The van der Waals surface area contributed by atoms with Crippen molar-refractivity contribution in [1.82, 2.24) is 5.43 Å². The topological polar surface area (TPSA) is 91.2 Å². The minimum absolute atomic E-state index is 0.0105. The van der Waals surface area contributed by atoms with Crippen molar-refractivity contribution in [3.05, 3.63) is 53.6 Å². The summed E-state index contributed by atoms with van der Waals surface area (Å²) in [6, 6.07) is 10.8. The zero-order valence-corrected chi connectivity index (χ0v) is 11.3. The first kappa shape index (κ1) is 14.4. The molecule has 0 radical (unpaired) electrons. The van der Waals surface area contributed by atoms with Crippen LogP contribution in [-0.4, -0.2) is 29.4 Å². The number of aromatic hydroxyl groups is 2. The second-order valence-corrected chi connectivity index (χ2v) is 4.14. The van der Waals surface area contributed by atoms with Gasteiger partial charge in [-0.2, -0.15) is 5.10 Å². The van der Waals surface area contributed by atoms with Crippen LogP contribution in [0, 0.1) is 0 Å². The molecule has 0 aliphatic carbocycles. The number of benzene rings is 2. The van der Waals surface area contributed by atoms with E-state index >= 15 is 0 Å². The van der Waals surface area contributed by atoms with Gasteiger partial charge >= 0.3 is 0 Å². The van der Waals surface area contributed by atoms with Crippen molar-refractivity contribution in [3.63, 3.8) is 0 Å². The molecule has 0 saturated carbocycles. The highest BCUT2D eigenvalue weighted by atomic mass is 16.5. The number of hydrazone groups is 1. The van der Waals surface area contributed by atoms with Gasteiger partial charge in [-0.3, -0.25) is 4.79 Å².